The summed E-state index contributed by atoms with van der Waals surface area (Å²) >= 11 is 1.14. The van der Waals surface area contributed by atoms with Crippen LogP contribution in [-0.2, 0) is 10.0 Å². The summed E-state index contributed by atoms with van der Waals surface area (Å²) in [7, 11) is -3.61. The van der Waals surface area contributed by atoms with E-state index in [2.05, 4.69) is 10.0 Å². The van der Waals surface area contributed by atoms with Crippen molar-refractivity contribution in [2.45, 2.75) is 10.3 Å². The highest BCUT2D eigenvalue weighted by Gasteiger charge is 2.21. The molecule has 4 rings (SSSR count). The lowest BCUT2D eigenvalue weighted by Gasteiger charge is -2.26. The van der Waals surface area contributed by atoms with Gasteiger partial charge in [0.2, 0.25) is 0 Å². The third-order valence-corrected chi connectivity index (χ3v) is 7.00. The third-order valence-electron chi connectivity index (χ3n) is 4.22. The number of ether oxygens (including phenoxy) is 2. The lowest BCUT2D eigenvalue weighted by atomic mass is 10.2. The van der Waals surface area contributed by atoms with E-state index in [0.29, 0.717) is 35.9 Å². The molecule has 0 saturated carbocycles. The Morgan fingerprint density at radius 2 is 1.79 bits per heavy atom. The third kappa shape index (κ3) is 4.52. The molecule has 0 bridgehead atoms. The van der Waals surface area contributed by atoms with Gasteiger partial charge in [-0.25, -0.2) is 8.42 Å². The first-order valence-electron chi connectivity index (χ1n) is 8.84. The van der Waals surface area contributed by atoms with Gasteiger partial charge in [0.15, 0.2) is 11.5 Å². The molecule has 1 atom stereocenters. The molecular weight excluding hydrogens is 412 g/mol. The van der Waals surface area contributed by atoms with Gasteiger partial charge in [0.1, 0.15) is 16.9 Å². The minimum absolute atomic E-state index is 0.232. The van der Waals surface area contributed by atoms with E-state index in [0.717, 1.165) is 11.3 Å². The zero-order chi connectivity index (χ0) is 20.3. The number of carbonyl (C=O) groups is 1. The van der Waals surface area contributed by atoms with Crippen LogP contribution in [0.3, 0.4) is 0 Å². The van der Waals surface area contributed by atoms with Crippen molar-refractivity contribution in [3.8, 4) is 11.5 Å². The Morgan fingerprint density at radius 3 is 2.52 bits per heavy atom. The molecule has 1 aliphatic heterocycles. The SMILES string of the molecule is O=C(NC[C@@H]1COc2ccccc2O1)c1ccc(NS(=O)(=O)c2cccs2)cc1. The molecule has 3 aromatic rings. The molecule has 7 nitrogen and oxygen atoms in total. The lowest BCUT2D eigenvalue weighted by molar-refractivity contribution is 0.0789. The zero-order valence-corrected chi connectivity index (χ0v) is 16.8. The van der Waals surface area contributed by atoms with Gasteiger partial charge >= 0.3 is 0 Å². The predicted molar refractivity (Wildman–Crippen MR) is 110 cm³/mol. The molecule has 1 amide bonds. The quantitative estimate of drug-likeness (QED) is 0.627. The molecule has 0 fully saturated rings. The van der Waals surface area contributed by atoms with Crippen molar-refractivity contribution in [1.29, 1.82) is 0 Å². The number of nitrogens with one attached hydrogen (secondary N) is 2. The second kappa shape index (κ2) is 8.14. The Balaban J connectivity index is 1.33. The van der Waals surface area contributed by atoms with Crippen LogP contribution in [0.1, 0.15) is 10.4 Å². The molecule has 2 heterocycles. The molecule has 0 saturated heterocycles. The first kappa shape index (κ1) is 19.3. The van der Waals surface area contributed by atoms with Crippen molar-refractivity contribution in [1.82, 2.24) is 5.32 Å². The van der Waals surface area contributed by atoms with Gasteiger partial charge in [-0.05, 0) is 47.8 Å². The van der Waals surface area contributed by atoms with Crippen LogP contribution in [0.15, 0.2) is 70.3 Å². The van der Waals surface area contributed by atoms with E-state index in [9.17, 15) is 13.2 Å². The van der Waals surface area contributed by atoms with Crippen LogP contribution in [0.25, 0.3) is 0 Å². The molecule has 150 valence electrons. The highest BCUT2D eigenvalue weighted by molar-refractivity contribution is 7.94. The minimum Gasteiger partial charge on any atom is -0.486 e. The Morgan fingerprint density at radius 1 is 1.03 bits per heavy atom. The molecule has 2 N–H and O–H groups in total. The summed E-state index contributed by atoms with van der Waals surface area (Å²) in [5, 5.41) is 4.50. The highest BCUT2D eigenvalue weighted by Crippen LogP contribution is 2.30. The minimum atomic E-state index is -3.61. The summed E-state index contributed by atoms with van der Waals surface area (Å²) in [6.45, 7) is 0.640. The number of amides is 1. The van der Waals surface area contributed by atoms with Gasteiger partial charge in [-0.3, -0.25) is 9.52 Å². The number of fused-ring (bicyclic) bond motifs is 1. The molecule has 2 aromatic carbocycles. The largest absolute Gasteiger partial charge is 0.486 e. The zero-order valence-electron chi connectivity index (χ0n) is 15.2. The Kier molecular flexibility index (Phi) is 5.41. The molecule has 0 radical (unpaired) electrons. The number of rotatable bonds is 6. The van der Waals surface area contributed by atoms with Gasteiger partial charge in [0.05, 0.1) is 6.54 Å². The average molecular weight is 431 g/mol. The number of carbonyl (C=O) groups excluding carboxylic acids is 1. The van der Waals surface area contributed by atoms with Crippen molar-refractivity contribution in [3.63, 3.8) is 0 Å². The number of benzene rings is 2. The van der Waals surface area contributed by atoms with Crippen LogP contribution in [-0.4, -0.2) is 33.6 Å². The van der Waals surface area contributed by atoms with Crippen molar-refractivity contribution < 1.29 is 22.7 Å². The van der Waals surface area contributed by atoms with E-state index in [1.807, 2.05) is 24.3 Å². The van der Waals surface area contributed by atoms with Crippen LogP contribution in [0, 0.1) is 0 Å². The van der Waals surface area contributed by atoms with Crippen LogP contribution < -0.4 is 19.5 Å². The van der Waals surface area contributed by atoms with Gasteiger partial charge in [-0.2, -0.15) is 0 Å². The highest BCUT2D eigenvalue weighted by atomic mass is 32.2. The number of sulfonamides is 1. The second-order valence-corrected chi connectivity index (χ2v) is 9.18. The molecule has 0 unspecified atom stereocenters. The number of thiophene rings is 1. The van der Waals surface area contributed by atoms with Crippen molar-refractivity contribution in [2.75, 3.05) is 17.9 Å². The van der Waals surface area contributed by atoms with E-state index in [1.54, 1.807) is 35.7 Å². The van der Waals surface area contributed by atoms with Crippen molar-refractivity contribution in [3.05, 3.63) is 71.6 Å². The van der Waals surface area contributed by atoms with Crippen molar-refractivity contribution in [2.24, 2.45) is 0 Å². The maximum Gasteiger partial charge on any atom is 0.271 e. The van der Waals surface area contributed by atoms with E-state index in [-0.39, 0.29) is 16.2 Å². The predicted octanol–water partition coefficient (Wildman–Crippen LogP) is 3.12. The van der Waals surface area contributed by atoms with Gasteiger partial charge in [-0.1, -0.05) is 18.2 Å². The lowest BCUT2D eigenvalue weighted by Crippen LogP contribution is -2.40. The molecule has 0 aliphatic carbocycles. The summed E-state index contributed by atoms with van der Waals surface area (Å²) < 4.78 is 38.6. The van der Waals surface area contributed by atoms with E-state index >= 15 is 0 Å². The van der Waals surface area contributed by atoms with Crippen LogP contribution in [0.2, 0.25) is 0 Å². The van der Waals surface area contributed by atoms with Crippen molar-refractivity contribution >= 4 is 33.0 Å². The fraction of sp³-hybridized carbons (Fsp3) is 0.150. The van der Waals surface area contributed by atoms with E-state index in [1.165, 1.54) is 6.07 Å². The van der Waals surface area contributed by atoms with Gasteiger partial charge in [0.25, 0.3) is 15.9 Å². The first-order valence-corrected chi connectivity index (χ1v) is 11.2. The summed E-state index contributed by atoms with van der Waals surface area (Å²) in [5.41, 5.74) is 0.803. The topological polar surface area (TPSA) is 93.7 Å². The normalized spacial score (nSPS) is 15.5. The van der Waals surface area contributed by atoms with E-state index < -0.39 is 10.0 Å². The van der Waals surface area contributed by atoms with Crippen LogP contribution in [0.5, 0.6) is 11.5 Å². The standard InChI is InChI=1S/C20H18N2O5S2/c23-20(21-12-16-13-26-17-4-1-2-5-18(17)27-16)14-7-9-15(10-8-14)22-29(24,25)19-6-3-11-28-19/h1-11,16,22H,12-13H2,(H,21,23)/t16-/m1/s1. The molecule has 1 aromatic heterocycles. The number of anilines is 1. The van der Waals surface area contributed by atoms with Gasteiger partial charge in [0, 0.05) is 11.3 Å². The Bertz CT molecular complexity index is 1100. The Labute approximate surface area is 172 Å². The van der Waals surface area contributed by atoms with Crippen LogP contribution in [0.4, 0.5) is 5.69 Å². The van der Waals surface area contributed by atoms with E-state index in [4.69, 9.17) is 9.47 Å². The van der Waals surface area contributed by atoms with Gasteiger partial charge in [-0.15, -0.1) is 11.3 Å². The Hall–Kier alpha value is -3.04. The monoisotopic (exact) mass is 430 g/mol. The molecular formula is C20H18N2O5S2. The molecule has 1 aliphatic rings. The molecule has 29 heavy (non-hydrogen) atoms. The number of para-hydroxylation sites is 2. The summed E-state index contributed by atoms with van der Waals surface area (Å²) in [5.74, 6) is 1.07. The maximum atomic E-state index is 12.4. The molecule has 0 spiro atoms. The van der Waals surface area contributed by atoms with Gasteiger partial charge < -0.3 is 14.8 Å². The number of hydrogen-bond donors (Lipinski definition) is 2. The summed E-state index contributed by atoms with van der Waals surface area (Å²) in [6.07, 6.45) is -0.286. The molecule has 9 heteroatoms. The van der Waals surface area contributed by atoms with Crippen LogP contribution >= 0.6 is 11.3 Å². The second-order valence-electron chi connectivity index (χ2n) is 6.32. The first-order chi connectivity index (χ1) is 14.0. The summed E-state index contributed by atoms with van der Waals surface area (Å²) in [6, 6.07) is 16.8. The summed E-state index contributed by atoms with van der Waals surface area (Å²) in [4.78, 5) is 12.4. The fourth-order valence-corrected chi connectivity index (χ4v) is 4.84. The fourth-order valence-electron chi connectivity index (χ4n) is 2.78. The smallest absolute Gasteiger partial charge is 0.271 e. The average Bonchev–Trinajstić information content (AvgIpc) is 3.28. The number of hydrogen-bond acceptors (Lipinski definition) is 6. The maximum absolute atomic E-state index is 12.4.